The predicted octanol–water partition coefficient (Wildman–Crippen LogP) is 3.34. The van der Waals surface area contributed by atoms with Crippen LogP contribution in [-0.4, -0.2) is 26.8 Å². The fraction of sp³-hybridized carbons (Fsp3) is 0.0500. The van der Waals surface area contributed by atoms with Gasteiger partial charge in [-0.1, -0.05) is 30.3 Å². The second-order valence-electron chi connectivity index (χ2n) is 5.45. The molecule has 0 aliphatic rings. The van der Waals surface area contributed by atoms with Gasteiger partial charge < -0.3 is 10.2 Å². The van der Waals surface area contributed by atoms with Gasteiger partial charge in [-0.05, 0) is 36.4 Å². The minimum atomic E-state index is -1.26. The quantitative estimate of drug-likeness (QED) is 0.552. The second-order valence-corrected chi connectivity index (χ2v) is 5.45. The van der Waals surface area contributed by atoms with E-state index in [0.29, 0.717) is 0 Å². The van der Waals surface area contributed by atoms with Crippen LogP contribution in [0.15, 0.2) is 72.9 Å². The van der Waals surface area contributed by atoms with Gasteiger partial charge in [0, 0.05) is 6.20 Å². The molecule has 2 aromatic carbocycles. The minimum Gasteiger partial charge on any atom is -0.507 e. The maximum atomic E-state index is 13.0. The fourth-order valence-corrected chi connectivity index (χ4v) is 2.61. The van der Waals surface area contributed by atoms with Gasteiger partial charge in [0.15, 0.2) is 11.6 Å². The van der Waals surface area contributed by atoms with Gasteiger partial charge >= 0.3 is 0 Å². The SMILES string of the molecule is O=C(c1ccccc1O)C(C(=O)c1ccccc1O)c1ccccn1. The molecule has 0 saturated heterocycles. The van der Waals surface area contributed by atoms with E-state index in [4.69, 9.17) is 0 Å². The van der Waals surface area contributed by atoms with Gasteiger partial charge in [-0.15, -0.1) is 0 Å². The van der Waals surface area contributed by atoms with E-state index >= 15 is 0 Å². The van der Waals surface area contributed by atoms with Gasteiger partial charge in [-0.2, -0.15) is 0 Å². The first-order chi connectivity index (χ1) is 12.1. The van der Waals surface area contributed by atoms with Crippen LogP contribution in [-0.2, 0) is 0 Å². The standard InChI is InChI=1S/C20H15NO4/c22-16-10-3-1-7-13(16)19(24)18(15-9-5-6-12-21-15)20(25)14-8-2-4-11-17(14)23/h1-12,18,22-23H. The van der Waals surface area contributed by atoms with Crippen LogP contribution in [0.2, 0.25) is 0 Å². The van der Waals surface area contributed by atoms with Gasteiger partial charge in [-0.3, -0.25) is 14.6 Å². The zero-order valence-electron chi connectivity index (χ0n) is 13.2. The van der Waals surface area contributed by atoms with Crippen molar-refractivity contribution in [3.05, 3.63) is 89.7 Å². The van der Waals surface area contributed by atoms with Gasteiger partial charge in [0.1, 0.15) is 17.4 Å². The third-order valence-corrected chi connectivity index (χ3v) is 3.85. The molecular weight excluding hydrogens is 318 g/mol. The first-order valence-corrected chi connectivity index (χ1v) is 7.65. The topological polar surface area (TPSA) is 87.5 Å². The van der Waals surface area contributed by atoms with Crippen molar-refractivity contribution in [2.75, 3.05) is 0 Å². The molecule has 0 unspecified atom stereocenters. The average Bonchev–Trinajstić information content (AvgIpc) is 2.63. The van der Waals surface area contributed by atoms with Crippen molar-refractivity contribution in [1.82, 2.24) is 4.98 Å². The molecule has 0 saturated carbocycles. The third kappa shape index (κ3) is 3.26. The Morgan fingerprint density at radius 2 is 1.20 bits per heavy atom. The number of Topliss-reactive ketones (excluding diaryl/α,β-unsaturated/α-hetero) is 2. The molecular formula is C20H15NO4. The molecule has 124 valence electrons. The Labute approximate surface area is 144 Å². The van der Waals surface area contributed by atoms with Crippen LogP contribution in [0.3, 0.4) is 0 Å². The Kier molecular flexibility index (Phi) is 4.57. The summed E-state index contributed by atoms with van der Waals surface area (Å²) in [7, 11) is 0. The van der Waals surface area contributed by atoms with E-state index in [-0.39, 0.29) is 28.3 Å². The largest absolute Gasteiger partial charge is 0.507 e. The molecule has 0 aliphatic carbocycles. The number of benzene rings is 2. The number of aromatic hydroxyl groups is 2. The predicted molar refractivity (Wildman–Crippen MR) is 91.9 cm³/mol. The van der Waals surface area contributed by atoms with E-state index in [1.54, 1.807) is 42.5 Å². The summed E-state index contributed by atoms with van der Waals surface area (Å²) in [6, 6.07) is 17.0. The number of para-hydroxylation sites is 2. The Morgan fingerprint density at radius 1 is 0.720 bits per heavy atom. The summed E-state index contributed by atoms with van der Waals surface area (Å²) in [5.74, 6) is -2.84. The van der Waals surface area contributed by atoms with Crippen LogP contribution in [0.5, 0.6) is 11.5 Å². The highest BCUT2D eigenvalue weighted by molar-refractivity contribution is 6.21. The Hall–Kier alpha value is -3.47. The van der Waals surface area contributed by atoms with Gasteiger partial charge in [0.05, 0.1) is 16.8 Å². The monoisotopic (exact) mass is 333 g/mol. The smallest absolute Gasteiger partial charge is 0.183 e. The van der Waals surface area contributed by atoms with Gasteiger partial charge in [0.2, 0.25) is 0 Å². The lowest BCUT2D eigenvalue weighted by Gasteiger charge is -2.16. The van der Waals surface area contributed by atoms with Crippen molar-refractivity contribution in [1.29, 1.82) is 0 Å². The van der Waals surface area contributed by atoms with Gasteiger partial charge in [-0.25, -0.2) is 0 Å². The first-order valence-electron chi connectivity index (χ1n) is 7.65. The molecule has 3 rings (SSSR count). The lowest BCUT2D eigenvalue weighted by molar-refractivity contribution is 0.0855. The van der Waals surface area contributed by atoms with Crippen molar-refractivity contribution >= 4 is 11.6 Å². The summed E-state index contributed by atoms with van der Waals surface area (Å²) in [6.45, 7) is 0. The van der Waals surface area contributed by atoms with Crippen molar-refractivity contribution in [2.24, 2.45) is 0 Å². The normalized spacial score (nSPS) is 10.6. The van der Waals surface area contributed by atoms with E-state index in [1.807, 2.05) is 0 Å². The number of carbonyl (C=O) groups excluding carboxylic acids is 2. The van der Waals surface area contributed by atoms with Crippen molar-refractivity contribution in [2.45, 2.75) is 5.92 Å². The molecule has 3 aromatic rings. The second kappa shape index (κ2) is 6.97. The van der Waals surface area contributed by atoms with Crippen LogP contribution >= 0.6 is 0 Å². The molecule has 0 atom stereocenters. The number of ketones is 2. The number of nitrogens with zero attached hydrogens (tertiary/aromatic N) is 1. The summed E-state index contributed by atoms with van der Waals surface area (Å²) < 4.78 is 0. The van der Waals surface area contributed by atoms with E-state index in [9.17, 15) is 19.8 Å². The molecule has 0 spiro atoms. The highest BCUT2D eigenvalue weighted by Crippen LogP contribution is 2.30. The Bertz CT molecular complexity index is 864. The highest BCUT2D eigenvalue weighted by Gasteiger charge is 2.33. The average molecular weight is 333 g/mol. The van der Waals surface area contributed by atoms with E-state index < -0.39 is 17.5 Å². The van der Waals surface area contributed by atoms with E-state index in [0.717, 1.165) is 0 Å². The van der Waals surface area contributed by atoms with E-state index in [1.165, 1.54) is 30.5 Å². The van der Waals surface area contributed by atoms with Crippen LogP contribution in [0, 0.1) is 0 Å². The number of carbonyl (C=O) groups is 2. The molecule has 5 heteroatoms. The third-order valence-electron chi connectivity index (χ3n) is 3.85. The maximum absolute atomic E-state index is 13.0. The first kappa shape index (κ1) is 16.4. The summed E-state index contributed by atoms with van der Waals surface area (Å²) in [5, 5.41) is 20.0. The molecule has 0 bridgehead atoms. The Balaban J connectivity index is 2.11. The van der Waals surface area contributed by atoms with Crippen LogP contribution < -0.4 is 0 Å². The molecule has 5 nitrogen and oxygen atoms in total. The molecule has 0 aliphatic heterocycles. The fourth-order valence-electron chi connectivity index (χ4n) is 2.61. The number of rotatable bonds is 5. The van der Waals surface area contributed by atoms with Gasteiger partial charge in [0.25, 0.3) is 0 Å². The summed E-state index contributed by atoms with van der Waals surface area (Å²) in [6.07, 6.45) is 1.48. The number of pyridine rings is 1. The van der Waals surface area contributed by atoms with Crippen molar-refractivity contribution in [3.8, 4) is 11.5 Å². The molecule has 25 heavy (non-hydrogen) atoms. The summed E-state index contributed by atoms with van der Waals surface area (Å²) in [5.41, 5.74) is 0.313. The lowest BCUT2D eigenvalue weighted by atomic mass is 9.86. The zero-order valence-corrected chi connectivity index (χ0v) is 13.2. The zero-order chi connectivity index (χ0) is 17.8. The number of phenolic OH excluding ortho intramolecular Hbond substituents is 2. The Morgan fingerprint density at radius 3 is 1.64 bits per heavy atom. The molecule has 2 N–H and O–H groups in total. The number of hydrogen-bond acceptors (Lipinski definition) is 5. The summed E-state index contributed by atoms with van der Waals surface area (Å²) in [4.78, 5) is 30.1. The van der Waals surface area contributed by atoms with Crippen molar-refractivity contribution in [3.63, 3.8) is 0 Å². The van der Waals surface area contributed by atoms with Crippen molar-refractivity contribution < 1.29 is 19.8 Å². The molecule has 1 heterocycles. The van der Waals surface area contributed by atoms with Crippen LogP contribution in [0.1, 0.15) is 32.3 Å². The number of hydrogen-bond donors (Lipinski definition) is 2. The number of phenols is 2. The minimum absolute atomic E-state index is 0.0296. The van der Waals surface area contributed by atoms with Crippen LogP contribution in [0.4, 0.5) is 0 Å². The maximum Gasteiger partial charge on any atom is 0.183 e. The number of aromatic nitrogens is 1. The molecule has 0 radical (unpaired) electrons. The van der Waals surface area contributed by atoms with E-state index in [2.05, 4.69) is 4.98 Å². The summed E-state index contributed by atoms with van der Waals surface area (Å²) >= 11 is 0. The van der Waals surface area contributed by atoms with Crippen LogP contribution in [0.25, 0.3) is 0 Å². The highest BCUT2D eigenvalue weighted by atomic mass is 16.3. The molecule has 0 amide bonds. The molecule has 0 fully saturated rings. The molecule has 1 aromatic heterocycles. The lowest BCUT2D eigenvalue weighted by Crippen LogP contribution is -2.23.